The Hall–Kier alpha value is -0.880. The van der Waals surface area contributed by atoms with Crippen LogP contribution in [0.1, 0.15) is 77.0 Å². The highest BCUT2D eigenvalue weighted by Gasteiger charge is 2.42. The zero-order chi connectivity index (χ0) is 26.1. The number of hydrogen-bond acceptors (Lipinski definition) is 8. The maximum atomic E-state index is 12.0. The molecular formula is C23H45N4O7PS. The van der Waals surface area contributed by atoms with E-state index in [0.29, 0.717) is 31.2 Å². The van der Waals surface area contributed by atoms with Gasteiger partial charge in [-0.15, -0.1) is 0 Å². The third-order valence-corrected chi connectivity index (χ3v) is 8.79. The number of aliphatic hydroxyl groups excluding tert-OH is 1. The van der Waals surface area contributed by atoms with Gasteiger partial charge >= 0.3 is 13.9 Å². The number of fused-ring (bicyclic) bond motifs is 1. The monoisotopic (exact) mass is 552 g/mol. The second kappa shape index (κ2) is 18.4. The maximum Gasteiger partial charge on any atom is 0.473 e. The first-order valence-corrected chi connectivity index (χ1v) is 15.8. The van der Waals surface area contributed by atoms with Crippen molar-refractivity contribution in [3.8, 4) is 0 Å². The minimum Gasteiger partial charge on any atom is -0.396 e. The summed E-state index contributed by atoms with van der Waals surface area (Å²) in [5.41, 5.74) is 0. The molecule has 6 N–H and O–H groups in total. The number of thioether (sulfide) groups is 1. The molecule has 210 valence electrons. The van der Waals surface area contributed by atoms with Gasteiger partial charge < -0.3 is 26.0 Å². The van der Waals surface area contributed by atoms with E-state index in [4.69, 9.17) is 14.2 Å². The van der Waals surface area contributed by atoms with E-state index in [9.17, 15) is 19.0 Å². The van der Waals surface area contributed by atoms with Crippen molar-refractivity contribution in [2.24, 2.45) is 0 Å². The van der Waals surface area contributed by atoms with Gasteiger partial charge in [-0.05, 0) is 45.1 Å². The summed E-state index contributed by atoms with van der Waals surface area (Å²) in [7, 11) is -4.04. The van der Waals surface area contributed by atoms with Gasteiger partial charge in [0.2, 0.25) is 5.91 Å². The molecule has 36 heavy (non-hydrogen) atoms. The minimum absolute atomic E-state index is 0.0380. The van der Waals surface area contributed by atoms with Crippen molar-refractivity contribution >= 4 is 31.5 Å². The first-order valence-electron chi connectivity index (χ1n) is 13.3. The predicted molar refractivity (Wildman–Crippen MR) is 141 cm³/mol. The molecular weight excluding hydrogens is 507 g/mol. The number of nitrogens with one attached hydrogen (secondary N) is 4. The van der Waals surface area contributed by atoms with Gasteiger partial charge in [-0.3, -0.25) is 19.2 Å². The minimum atomic E-state index is -4.04. The number of urea groups is 1. The Kier molecular flexibility index (Phi) is 16.0. The normalized spacial score (nSPS) is 22.6. The number of phosphoric ester groups is 1. The van der Waals surface area contributed by atoms with Crippen molar-refractivity contribution < 1.29 is 33.2 Å². The average Bonchev–Trinajstić information content (AvgIpc) is 3.39. The van der Waals surface area contributed by atoms with Gasteiger partial charge in [0.1, 0.15) is 6.73 Å². The van der Waals surface area contributed by atoms with Crippen LogP contribution in [0.3, 0.4) is 0 Å². The third kappa shape index (κ3) is 13.6. The van der Waals surface area contributed by atoms with Crippen molar-refractivity contribution in [1.29, 1.82) is 0 Å². The van der Waals surface area contributed by atoms with Crippen LogP contribution in [0.5, 0.6) is 0 Å². The molecule has 0 aromatic rings. The number of phosphoric acid groups is 1. The summed E-state index contributed by atoms with van der Waals surface area (Å²) in [6.45, 7) is 1.64. The lowest BCUT2D eigenvalue weighted by molar-refractivity contribution is -0.121. The van der Waals surface area contributed by atoms with Crippen molar-refractivity contribution in [3.05, 3.63) is 0 Å². The largest absolute Gasteiger partial charge is 0.473 e. The Morgan fingerprint density at radius 2 is 1.75 bits per heavy atom. The molecule has 11 nitrogen and oxygen atoms in total. The molecule has 4 atom stereocenters. The molecule has 2 saturated heterocycles. The number of carbonyl (C=O) groups is 2. The van der Waals surface area contributed by atoms with E-state index in [2.05, 4.69) is 21.3 Å². The van der Waals surface area contributed by atoms with Crippen LogP contribution in [0.15, 0.2) is 0 Å². The average molecular weight is 553 g/mol. The van der Waals surface area contributed by atoms with Crippen LogP contribution in [0.4, 0.5) is 4.79 Å². The lowest BCUT2D eigenvalue weighted by Gasteiger charge is -2.16. The molecule has 0 aliphatic carbocycles. The van der Waals surface area contributed by atoms with Gasteiger partial charge in [0.25, 0.3) is 0 Å². The Bertz CT molecular complexity index is 691. The van der Waals surface area contributed by atoms with E-state index in [1.54, 1.807) is 0 Å². The number of rotatable bonds is 22. The molecule has 0 spiro atoms. The second-order valence-corrected chi connectivity index (χ2v) is 12.1. The molecule has 2 aliphatic heterocycles. The van der Waals surface area contributed by atoms with Gasteiger partial charge in [0.05, 0.1) is 18.7 Å². The highest BCUT2D eigenvalue weighted by Crippen LogP contribution is 2.42. The van der Waals surface area contributed by atoms with E-state index in [1.807, 2.05) is 11.8 Å². The van der Waals surface area contributed by atoms with Gasteiger partial charge in [-0.1, -0.05) is 32.1 Å². The van der Waals surface area contributed by atoms with Crippen LogP contribution >= 0.6 is 19.6 Å². The van der Waals surface area contributed by atoms with E-state index in [-0.39, 0.29) is 44.0 Å². The molecule has 0 radical (unpaired) electrons. The van der Waals surface area contributed by atoms with Crippen LogP contribution in [0, 0.1) is 0 Å². The quantitative estimate of drug-likeness (QED) is 0.0514. The van der Waals surface area contributed by atoms with Crippen LogP contribution < -0.4 is 21.3 Å². The van der Waals surface area contributed by atoms with Crippen LogP contribution in [-0.4, -0.2) is 78.1 Å². The number of amides is 3. The van der Waals surface area contributed by atoms with Crippen molar-refractivity contribution in [2.45, 2.75) is 94.4 Å². The molecule has 0 aromatic carbocycles. The fraction of sp³-hybridized carbons (Fsp3) is 0.913. The SMILES string of the molecule is O=C(CCCCC1SCC2NC(=O)NC21)NCCCCCCOP(=O)(O)OCNCCCCCCO. The summed E-state index contributed by atoms with van der Waals surface area (Å²) in [4.78, 5) is 33.1. The first kappa shape index (κ1) is 31.3. The highest BCUT2D eigenvalue weighted by molar-refractivity contribution is 8.00. The third-order valence-electron chi connectivity index (χ3n) is 6.32. The van der Waals surface area contributed by atoms with Gasteiger partial charge in [0, 0.05) is 30.6 Å². The molecule has 0 bridgehead atoms. The lowest BCUT2D eigenvalue weighted by atomic mass is 10.0. The zero-order valence-corrected chi connectivity index (χ0v) is 23.0. The number of aliphatic hydroxyl groups is 1. The molecule has 4 unspecified atom stereocenters. The topological polar surface area (TPSA) is 158 Å². The molecule has 2 aliphatic rings. The van der Waals surface area contributed by atoms with Gasteiger partial charge in [0.15, 0.2) is 0 Å². The molecule has 2 rings (SSSR count). The Labute approximate surface area is 219 Å². The van der Waals surface area contributed by atoms with Crippen LogP contribution in [-0.2, 0) is 18.4 Å². The maximum absolute atomic E-state index is 12.0. The molecule has 2 fully saturated rings. The Morgan fingerprint density at radius 1 is 1.00 bits per heavy atom. The van der Waals surface area contributed by atoms with Gasteiger partial charge in [-0.2, -0.15) is 11.8 Å². The Balaban J connectivity index is 1.34. The summed E-state index contributed by atoms with van der Waals surface area (Å²) in [6, 6.07) is 0.403. The van der Waals surface area contributed by atoms with Crippen LogP contribution in [0.25, 0.3) is 0 Å². The van der Waals surface area contributed by atoms with Crippen molar-refractivity contribution in [2.75, 3.05) is 38.8 Å². The van der Waals surface area contributed by atoms with E-state index in [0.717, 1.165) is 70.0 Å². The fourth-order valence-corrected chi connectivity index (χ4v) is 6.54. The van der Waals surface area contributed by atoms with E-state index in [1.165, 1.54) is 0 Å². The zero-order valence-electron chi connectivity index (χ0n) is 21.3. The summed E-state index contributed by atoms with van der Waals surface area (Å²) < 4.78 is 21.7. The second-order valence-electron chi connectivity index (χ2n) is 9.34. The molecule has 13 heteroatoms. The smallest absolute Gasteiger partial charge is 0.396 e. The first-order chi connectivity index (χ1) is 17.4. The molecule has 2 heterocycles. The van der Waals surface area contributed by atoms with Crippen molar-refractivity contribution in [3.63, 3.8) is 0 Å². The summed E-state index contributed by atoms with van der Waals surface area (Å²) in [5.74, 6) is 1.03. The summed E-state index contributed by atoms with van der Waals surface area (Å²) >= 11 is 1.90. The molecule has 0 aromatic heterocycles. The Morgan fingerprint density at radius 3 is 2.56 bits per heavy atom. The van der Waals surface area contributed by atoms with E-state index >= 15 is 0 Å². The van der Waals surface area contributed by atoms with Gasteiger partial charge in [-0.25, -0.2) is 9.36 Å². The fourth-order valence-electron chi connectivity index (χ4n) is 4.30. The molecule has 0 saturated carbocycles. The number of unbranched alkanes of at least 4 members (excludes halogenated alkanes) is 7. The lowest BCUT2D eigenvalue weighted by Crippen LogP contribution is -2.36. The molecule has 3 amide bonds. The van der Waals surface area contributed by atoms with E-state index < -0.39 is 7.82 Å². The summed E-state index contributed by atoms with van der Waals surface area (Å²) in [6.07, 6.45) is 10.3. The summed E-state index contributed by atoms with van der Waals surface area (Å²) in [5, 5.41) is 21.0. The number of hydrogen-bond donors (Lipinski definition) is 6. The number of carbonyl (C=O) groups excluding carboxylic acids is 2. The highest BCUT2D eigenvalue weighted by atomic mass is 32.2. The van der Waals surface area contributed by atoms with Crippen molar-refractivity contribution in [1.82, 2.24) is 21.3 Å². The standard InChI is InChI=1S/C23H45N4O7PS/c28-15-9-3-1-7-13-24-18-34-35(31,32)33-16-10-4-2-8-14-25-21(29)12-6-5-11-20-22-19(17-36-20)26-23(30)27-22/h19-20,22,24,28H,1-18H2,(H,25,29)(H,31,32)(H2,26,27,30). The predicted octanol–water partition coefficient (Wildman–Crippen LogP) is 2.62. The van der Waals surface area contributed by atoms with Crippen LogP contribution in [0.2, 0.25) is 0 Å².